The van der Waals surface area contributed by atoms with Crippen LogP contribution in [0.5, 0.6) is 0 Å². The molecule has 1 aliphatic rings. The van der Waals surface area contributed by atoms with E-state index in [1.54, 1.807) is 19.3 Å². The molecule has 10 heteroatoms. The largest absolute Gasteiger partial charge is 0 e. The first-order valence-electron chi connectivity index (χ1n) is 11.5. The van der Waals surface area contributed by atoms with Crippen molar-refractivity contribution in [2.75, 3.05) is 0 Å². The molecule has 0 unspecified atom stereocenters. The van der Waals surface area contributed by atoms with Crippen LogP contribution < -0.4 is 0 Å². The van der Waals surface area contributed by atoms with E-state index in [1.807, 2.05) is 0 Å². The number of ether oxygens (including phenoxy) is 3. The summed E-state index contributed by atoms with van der Waals surface area (Å²) < 4.78 is 38.5. The molecule has 0 aliphatic heterocycles. The molecule has 0 aromatic rings. The number of rotatable bonds is 15. The Kier molecular flexibility index (Phi) is 35.8. The number of unbranched alkanes of at least 4 members (excludes halogenated alkanes) is 2. The second-order valence-electron chi connectivity index (χ2n) is 7.74. The van der Waals surface area contributed by atoms with Crippen LogP contribution >= 0.6 is 0 Å². The summed E-state index contributed by atoms with van der Waals surface area (Å²) in [6.07, 6.45) is 13.9. The van der Waals surface area contributed by atoms with E-state index in [9.17, 15) is 14.4 Å². The first-order chi connectivity index (χ1) is 17.0. The zero-order chi connectivity index (χ0) is 27.5. The molecule has 0 heterocycles. The van der Waals surface area contributed by atoms with Gasteiger partial charge in [-0.15, -0.1) is 0 Å². The molecule has 0 aromatic carbocycles. The predicted octanol–water partition coefficient (Wildman–Crippen LogP) is 4.35. The molecule has 0 aromatic heterocycles. The van der Waals surface area contributed by atoms with E-state index in [1.165, 1.54) is 26.7 Å². The minimum Gasteiger partial charge on any atom is 0 e. The average molecular weight is 548 g/mol. The van der Waals surface area contributed by atoms with Gasteiger partial charge in [-0.25, -0.2) is 0 Å². The van der Waals surface area contributed by atoms with Gasteiger partial charge in [0.05, 0.1) is 6.10 Å². The zero-order valence-electron chi connectivity index (χ0n) is 21.1. The molecule has 1 fully saturated rings. The average Bonchev–Trinajstić information content (AvgIpc) is 2.87. The van der Waals surface area contributed by atoms with Crippen molar-refractivity contribution in [3.05, 3.63) is 39.2 Å². The first kappa shape index (κ1) is 41.3. The van der Waals surface area contributed by atoms with Crippen molar-refractivity contribution in [2.24, 2.45) is 5.92 Å². The summed E-state index contributed by atoms with van der Waals surface area (Å²) in [5.74, 6) is -0.414. The van der Waals surface area contributed by atoms with Crippen molar-refractivity contribution in [3.63, 3.8) is 0 Å². The second-order valence-corrected chi connectivity index (χ2v) is 7.74. The topological polar surface area (TPSA) is 139 Å². The van der Waals surface area contributed by atoms with Crippen molar-refractivity contribution >= 4 is 18.4 Å². The third-order valence-corrected chi connectivity index (χ3v) is 5.22. The number of carbonyl (C=O) groups excluding carboxylic acids is 3. The van der Waals surface area contributed by atoms with Gasteiger partial charge in [0.1, 0.15) is 12.2 Å². The van der Waals surface area contributed by atoms with Crippen LogP contribution in [-0.4, -0.2) is 36.7 Å². The van der Waals surface area contributed by atoms with Gasteiger partial charge in [-0.05, 0) is 38.0 Å². The molecule has 0 amide bonds. The van der Waals surface area contributed by atoms with Gasteiger partial charge in [-0.3, -0.25) is 9.59 Å². The minimum atomic E-state index is -0.508. The van der Waals surface area contributed by atoms with Crippen molar-refractivity contribution in [2.45, 2.75) is 103 Å². The maximum absolute atomic E-state index is 11.6. The summed E-state index contributed by atoms with van der Waals surface area (Å²) in [7, 11) is 0. The third-order valence-electron chi connectivity index (χ3n) is 5.22. The molecule has 1 aliphatic carbocycles. The fraction of sp³-hybridized carbons (Fsp3) is 0.654. The van der Waals surface area contributed by atoms with E-state index in [-0.39, 0.29) is 47.1 Å². The molecule has 1 saturated carbocycles. The molecule has 36 heavy (non-hydrogen) atoms. The van der Waals surface area contributed by atoms with Crippen LogP contribution in [0.2, 0.25) is 0 Å². The molecule has 0 N–H and O–H groups in total. The summed E-state index contributed by atoms with van der Waals surface area (Å²) in [6.45, 7) is 19.9. The Morgan fingerprint density at radius 1 is 0.917 bits per heavy atom. The monoisotopic (exact) mass is 548 g/mol. The van der Waals surface area contributed by atoms with E-state index in [2.05, 4.69) is 26.9 Å². The first-order valence-corrected chi connectivity index (χ1v) is 11.5. The maximum atomic E-state index is 11.6. The number of esters is 2. The van der Waals surface area contributed by atoms with Gasteiger partial charge in [0.2, 0.25) is 0 Å². The van der Waals surface area contributed by atoms with Crippen molar-refractivity contribution < 1.29 is 59.6 Å². The molecule has 0 saturated heterocycles. The molecule has 3 radical (unpaired) electrons. The molecule has 0 bridgehead atoms. The van der Waals surface area contributed by atoms with Crippen molar-refractivity contribution in [1.29, 1.82) is 0 Å². The van der Waals surface area contributed by atoms with Gasteiger partial charge in [-0.2, -0.15) is 0 Å². The summed E-state index contributed by atoms with van der Waals surface area (Å²) in [5, 5.41) is 0. The molecule has 9 nitrogen and oxygen atoms in total. The van der Waals surface area contributed by atoms with Crippen LogP contribution in [0.25, 0.3) is 0 Å². The fourth-order valence-electron chi connectivity index (χ4n) is 3.83. The Morgan fingerprint density at radius 2 is 1.44 bits per heavy atom. The molecule has 1 rings (SSSR count). The summed E-state index contributed by atoms with van der Waals surface area (Å²) in [4.78, 5) is 33.8. The standard InChI is InChI=1S/C23H36O6.3CO.Fe/c1-4-5-7-13-21(27-17-24)14-10-15-22(28-18(2)25)16-23(29-19(3)26)20-11-8-6-9-12-20;3*1-2;/h10,14-15,20-23H,4-9,11-13,16H2,1-3H3;;;;/q-1;;;;/t21-,22-,23-;;;;/m1..../s1. The quantitative estimate of drug-likeness (QED) is 0.0745. The Balaban J connectivity index is -0.000000677. The number of hydrogen-bond acceptors (Lipinski definition) is 6. The van der Waals surface area contributed by atoms with Crippen molar-refractivity contribution in [3.8, 4) is 0 Å². The van der Waals surface area contributed by atoms with Gasteiger partial charge >= 0.3 is 45.8 Å². The Labute approximate surface area is 226 Å². The minimum absolute atomic E-state index is 0. The van der Waals surface area contributed by atoms with Crippen LogP contribution in [0, 0.1) is 45.1 Å². The van der Waals surface area contributed by atoms with Crippen LogP contribution in [0.15, 0.2) is 0 Å². The van der Waals surface area contributed by atoms with E-state index >= 15 is 0 Å². The third kappa shape index (κ3) is 23.9. The van der Waals surface area contributed by atoms with Gasteiger partial charge < -0.3 is 19.0 Å². The Bertz CT molecular complexity index is 584. The second kappa shape index (κ2) is 31.2. The predicted molar refractivity (Wildman–Crippen MR) is 122 cm³/mol. The fourth-order valence-corrected chi connectivity index (χ4v) is 3.83. The maximum Gasteiger partial charge on any atom is 0 e. The van der Waals surface area contributed by atoms with Crippen LogP contribution in [0.1, 0.15) is 85.0 Å². The smallest absolute Gasteiger partial charge is 0 e. The van der Waals surface area contributed by atoms with E-state index in [0.717, 1.165) is 51.4 Å². The summed E-state index contributed by atoms with van der Waals surface area (Å²) in [5.41, 5.74) is 0. The molecule has 0 spiro atoms. The van der Waals surface area contributed by atoms with Crippen LogP contribution in [-0.2, 0) is 59.6 Å². The van der Waals surface area contributed by atoms with E-state index < -0.39 is 6.10 Å². The van der Waals surface area contributed by atoms with Gasteiger partial charge in [-0.1, -0.05) is 45.5 Å². The van der Waals surface area contributed by atoms with Gasteiger partial charge in [0.25, 0.3) is 0 Å². The Morgan fingerprint density at radius 3 is 1.92 bits per heavy atom. The number of hydrogen-bond donors (Lipinski definition) is 0. The Hall–Kier alpha value is -1.85. The molecule has 3 atom stereocenters. The molecular formula is C26H36FeO9-. The number of carbonyl (C=O) groups is 2. The zero-order valence-corrected chi connectivity index (χ0v) is 22.2. The van der Waals surface area contributed by atoms with Gasteiger partial charge in [0, 0.05) is 50.2 Å². The van der Waals surface area contributed by atoms with Gasteiger partial charge in [0.15, 0.2) is 0 Å². The van der Waals surface area contributed by atoms with E-state index in [4.69, 9.17) is 28.2 Å². The van der Waals surface area contributed by atoms with Crippen LogP contribution in [0.3, 0.4) is 0 Å². The van der Waals surface area contributed by atoms with E-state index in [0.29, 0.717) is 6.42 Å². The summed E-state index contributed by atoms with van der Waals surface area (Å²) in [6, 6.07) is 0. The molecule has 203 valence electrons. The molecular weight excluding hydrogens is 512 g/mol. The SMILES string of the molecule is CCCCC[C@H]([CH][CH][CH][C@H](C[C@@H](OC(C)=O)C1CCCCC1)OC(C)=O)O[C-]=O.[C-]#[O+].[C-]#[O+].[C-]#[O+].[Fe]. The van der Waals surface area contributed by atoms with Crippen molar-refractivity contribution in [1.82, 2.24) is 0 Å². The normalized spacial score (nSPS) is 14.5. The van der Waals surface area contributed by atoms with Crippen LogP contribution in [0.4, 0.5) is 0 Å². The summed E-state index contributed by atoms with van der Waals surface area (Å²) >= 11 is 0.